The molecule has 0 aliphatic carbocycles. The van der Waals surface area contributed by atoms with Gasteiger partial charge in [-0.25, -0.2) is 0 Å². The average Bonchev–Trinajstić information content (AvgIpc) is 2.60. The Bertz CT molecular complexity index is 788. The molecule has 0 radical (unpaired) electrons. The SMILES string of the molecule is CC(C)N(C(=O)c1c(Sc2ccccc2)cccc1[C@@H](C)[Si](C)(C)C)C(C)C. The number of carbonyl (C=O) groups excluding carboxylic acids is 1. The molecular formula is C24H35NOSSi. The molecule has 152 valence electrons. The Kier molecular flexibility index (Phi) is 7.57. The summed E-state index contributed by atoms with van der Waals surface area (Å²) in [6.45, 7) is 17.9. The molecule has 2 aromatic carbocycles. The molecule has 28 heavy (non-hydrogen) atoms. The quantitative estimate of drug-likeness (QED) is 0.452. The third-order valence-electron chi connectivity index (χ3n) is 5.36. The van der Waals surface area contributed by atoms with Gasteiger partial charge in [0.05, 0.1) is 13.6 Å². The molecule has 0 heterocycles. The smallest absolute Gasteiger partial charge is 0.255 e. The normalized spacial score (nSPS) is 13.1. The van der Waals surface area contributed by atoms with Gasteiger partial charge >= 0.3 is 0 Å². The van der Waals surface area contributed by atoms with E-state index < -0.39 is 8.07 Å². The van der Waals surface area contributed by atoms with E-state index in [0.29, 0.717) is 5.54 Å². The summed E-state index contributed by atoms with van der Waals surface area (Å²) in [5.41, 5.74) is 2.51. The van der Waals surface area contributed by atoms with Gasteiger partial charge in [0.15, 0.2) is 0 Å². The van der Waals surface area contributed by atoms with Crippen LogP contribution in [0, 0.1) is 0 Å². The third-order valence-corrected chi connectivity index (χ3v) is 9.33. The largest absolute Gasteiger partial charge is 0.334 e. The van der Waals surface area contributed by atoms with E-state index in [-0.39, 0.29) is 18.0 Å². The van der Waals surface area contributed by atoms with Crippen molar-refractivity contribution in [2.75, 3.05) is 0 Å². The molecule has 4 heteroatoms. The predicted molar refractivity (Wildman–Crippen MR) is 125 cm³/mol. The highest BCUT2D eigenvalue weighted by Gasteiger charge is 2.32. The van der Waals surface area contributed by atoms with Crippen molar-refractivity contribution in [2.45, 2.75) is 81.7 Å². The van der Waals surface area contributed by atoms with Crippen molar-refractivity contribution in [1.29, 1.82) is 0 Å². The van der Waals surface area contributed by atoms with Gasteiger partial charge in [-0.15, -0.1) is 0 Å². The van der Waals surface area contributed by atoms with Crippen molar-refractivity contribution in [3.63, 3.8) is 0 Å². The standard InChI is InChI=1S/C24H35NOSSi/c1-17(2)25(18(3)4)24(26)23-21(19(5)28(6,7)8)15-12-16-22(23)27-20-13-10-9-11-14-20/h9-19H,1-8H3/t19-/m1/s1. The molecule has 2 aromatic rings. The minimum absolute atomic E-state index is 0.157. The van der Waals surface area contributed by atoms with Gasteiger partial charge in [-0.2, -0.15) is 0 Å². The molecule has 0 saturated heterocycles. The summed E-state index contributed by atoms with van der Waals surface area (Å²) in [6.07, 6.45) is 0. The number of benzene rings is 2. The summed E-state index contributed by atoms with van der Waals surface area (Å²) in [5.74, 6) is 0.157. The molecule has 0 unspecified atom stereocenters. The summed E-state index contributed by atoms with van der Waals surface area (Å²) in [4.78, 5) is 18.1. The van der Waals surface area contributed by atoms with Gasteiger partial charge in [0.25, 0.3) is 5.91 Å². The first-order valence-corrected chi connectivity index (χ1v) is 14.6. The maximum Gasteiger partial charge on any atom is 0.255 e. The van der Waals surface area contributed by atoms with Gasteiger partial charge < -0.3 is 4.90 Å². The van der Waals surface area contributed by atoms with Crippen LogP contribution < -0.4 is 0 Å². The number of hydrogen-bond acceptors (Lipinski definition) is 2. The molecule has 0 saturated carbocycles. The first-order chi connectivity index (χ1) is 13.0. The predicted octanol–water partition coefficient (Wildman–Crippen LogP) is 7.08. The second-order valence-corrected chi connectivity index (χ2v) is 15.8. The van der Waals surface area contributed by atoms with Crippen molar-refractivity contribution in [3.8, 4) is 0 Å². The van der Waals surface area contributed by atoms with Crippen molar-refractivity contribution in [1.82, 2.24) is 4.90 Å². The molecule has 0 spiro atoms. The maximum absolute atomic E-state index is 13.8. The van der Waals surface area contributed by atoms with E-state index in [4.69, 9.17) is 0 Å². The maximum atomic E-state index is 13.8. The van der Waals surface area contributed by atoms with E-state index in [9.17, 15) is 4.79 Å². The lowest BCUT2D eigenvalue weighted by molar-refractivity contribution is 0.0639. The lowest BCUT2D eigenvalue weighted by Crippen LogP contribution is -2.43. The second kappa shape index (κ2) is 9.32. The third kappa shape index (κ3) is 5.29. The fraction of sp³-hybridized carbons (Fsp3) is 0.458. The van der Waals surface area contributed by atoms with Crippen LogP contribution in [0.25, 0.3) is 0 Å². The van der Waals surface area contributed by atoms with Crippen LogP contribution in [0.3, 0.4) is 0 Å². The first kappa shape index (κ1) is 22.8. The van der Waals surface area contributed by atoms with Gasteiger partial charge in [-0.3, -0.25) is 4.79 Å². The van der Waals surface area contributed by atoms with E-state index in [2.05, 4.69) is 84.6 Å². The zero-order chi connectivity index (χ0) is 21.1. The second-order valence-electron chi connectivity index (χ2n) is 9.12. The molecule has 0 aliphatic heterocycles. The molecule has 1 atom stereocenters. The highest BCUT2D eigenvalue weighted by atomic mass is 32.2. The van der Waals surface area contributed by atoms with Crippen LogP contribution in [0.4, 0.5) is 0 Å². The Morgan fingerprint density at radius 3 is 1.93 bits per heavy atom. The Balaban J connectivity index is 2.64. The Morgan fingerprint density at radius 1 is 0.857 bits per heavy atom. The van der Waals surface area contributed by atoms with Crippen molar-refractivity contribution in [3.05, 3.63) is 59.7 Å². The Hall–Kier alpha value is -1.52. The van der Waals surface area contributed by atoms with E-state index in [1.807, 2.05) is 23.1 Å². The van der Waals surface area contributed by atoms with Crippen LogP contribution in [0.5, 0.6) is 0 Å². The minimum Gasteiger partial charge on any atom is -0.334 e. The minimum atomic E-state index is -1.46. The van der Waals surface area contributed by atoms with Crippen LogP contribution >= 0.6 is 11.8 Å². The molecule has 0 aliphatic rings. The van der Waals surface area contributed by atoms with Crippen LogP contribution in [0.1, 0.15) is 56.1 Å². The summed E-state index contributed by atoms with van der Waals surface area (Å²) in [7, 11) is -1.46. The van der Waals surface area contributed by atoms with E-state index >= 15 is 0 Å². The molecule has 0 bridgehead atoms. The van der Waals surface area contributed by atoms with E-state index in [1.54, 1.807) is 11.8 Å². The Morgan fingerprint density at radius 2 is 1.43 bits per heavy atom. The van der Waals surface area contributed by atoms with Gasteiger partial charge in [0, 0.05) is 21.9 Å². The molecular weight excluding hydrogens is 378 g/mol. The van der Waals surface area contributed by atoms with Crippen LogP contribution in [-0.2, 0) is 0 Å². The average molecular weight is 414 g/mol. The van der Waals surface area contributed by atoms with Gasteiger partial charge in [-0.1, -0.05) is 68.7 Å². The lowest BCUT2D eigenvalue weighted by Gasteiger charge is -2.34. The number of nitrogens with zero attached hydrogens (tertiary/aromatic N) is 1. The van der Waals surface area contributed by atoms with Crippen molar-refractivity contribution < 1.29 is 4.79 Å². The zero-order valence-corrected chi connectivity index (χ0v) is 20.4. The zero-order valence-electron chi connectivity index (χ0n) is 18.6. The molecule has 1 amide bonds. The summed E-state index contributed by atoms with van der Waals surface area (Å²) < 4.78 is 0. The number of rotatable bonds is 7. The van der Waals surface area contributed by atoms with Crippen molar-refractivity contribution >= 4 is 25.7 Å². The number of hydrogen-bond donors (Lipinski definition) is 0. The van der Waals surface area contributed by atoms with Gasteiger partial charge in [0.1, 0.15) is 0 Å². The molecule has 2 nitrogen and oxygen atoms in total. The first-order valence-electron chi connectivity index (χ1n) is 10.2. The fourth-order valence-electron chi connectivity index (χ4n) is 3.50. The Labute approximate surface area is 176 Å². The fourth-order valence-corrected chi connectivity index (χ4v) is 5.67. The van der Waals surface area contributed by atoms with E-state index in [0.717, 1.165) is 15.4 Å². The summed E-state index contributed by atoms with van der Waals surface area (Å²) in [6, 6.07) is 17.1. The highest BCUT2D eigenvalue weighted by molar-refractivity contribution is 7.99. The molecule has 2 rings (SSSR count). The summed E-state index contributed by atoms with van der Waals surface area (Å²) in [5, 5.41) is 0. The van der Waals surface area contributed by atoms with Crippen LogP contribution in [-0.4, -0.2) is 31.0 Å². The van der Waals surface area contributed by atoms with Crippen molar-refractivity contribution in [2.24, 2.45) is 0 Å². The lowest BCUT2D eigenvalue weighted by atomic mass is 10.0. The summed E-state index contributed by atoms with van der Waals surface area (Å²) >= 11 is 1.69. The van der Waals surface area contributed by atoms with Crippen LogP contribution in [0.2, 0.25) is 19.6 Å². The topological polar surface area (TPSA) is 20.3 Å². The molecule has 0 aromatic heterocycles. The van der Waals surface area contributed by atoms with Gasteiger partial charge in [0.2, 0.25) is 0 Å². The molecule has 0 fully saturated rings. The van der Waals surface area contributed by atoms with E-state index in [1.165, 1.54) is 5.56 Å². The number of carbonyl (C=O) groups is 1. The highest BCUT2D eigenvalue weighted by Crippen LogP contribution is 2.38. The van der Waals surface area contributed by atoms with Crippen LogP contribution in [0.15, 0.2) is 58.3 Å². The van der Waals surface area contributed by atoms with Gasteiger partial charge in [-0.05, 0) is 57.0 Å². The monoisotopic (exact) mass is 413 g/mol. The molecule has 0 N–H and O–H groups in total. The number of amides is 1.